The molecule has 98 valence electrons. The molecule has 0 radical (unpaired) electrons. The topological polar surface area (TPSA) is 79.3 Å². The molecule has 0 aliphatic heterocycles. The predicted octanol–water partition coefficient (Wildman–Crippen LogP) is 2.58. The van der Waals surface area contributed by atoms with Gasteiger partial charge in [-0.15, -0.1) is 11.3 Å². The Morgan fingerprint density at radius 1 is 1.32 bits per heavy atom. The average Bonchev–Trinajstić information content (AvgIpc) is 2.88. The van der Waals surface area contributed by atoms with Crippen molar-refractivity contribution in [2.45, 2.75) is 12.8 Å². The number of aromatic nitrogens is 1. The number of carbonyl (C=O) groups is 2. The summed E-state index contributed by atoms with van der Waals surface area (Å²) in [5, 5.41) is 13.5. The zero-order valence-corrected chi connectivity index (χ0v) is 11.0. The number of nitrogens with zero attached hydrogens (tertiary/aromatic N) is 1. The molecule has 2 aromatic rings. The number of hydrogen-bond donors (Lipinski definition) is 2. The summed E-state index contributed by atoms with van der Waals surface area (Å²) >= 11 is 1.17. The fourth-order valence-corrected chi connectivity index (χ4v) is 2.32. The van der Waals surface area contributed by atoms with Crippen LogP contribution >= 0.6 is 11.3 Å². The fourth-order valence-electron chi connectivity index (χ4n) is 1.47. The number of amides is 1. The lowest BCUT2D eigenvalue weighted by Gasteiger charge is -2.09. The normalized spacial score (nSPS) is 11.8. The van der Waals surface area contributed by atoms with Gasteiger partial charge >= 0.3 is 5.97 Å². The number of benzene rings is 1. The number of carbonyl (C=O) groups excluding carboxylic acids is 1. The first-order chi connectivity index (χ1) is 9.08. The molecular weight excluding hydrogens is 264 g/mol. The second-order valence-electron chi connectivity index (χ2n) is 3.95. The molecule has 0 aliphatic carbocycles. The Labute approximate surface area is 113 Å². The van der Waals surface area contributed by atoms with Gasteiger partial charge in [-0.3, -0.25) is 4.79 Å². The molecule has 1 amide bonds. The number of aromatic carboxylic acids is 1. The smallest absolute Gasteiger partial charge is 0.355 e. The Morgan fingerprint density at radius 3 is 2.58 bits per heavy atom. The number of anilines is 1. The number of hydrogen-bond acceptors (Lipinski definition) is 4. The minimum Gasteiger partial charge on any atom is -0.476 e. The number of carboxylic acid groups (broad SMARTS) is 1. The summed E-state index contributed by atoms with van der Waals surface area (Å²) in [6, 6.07) is 9.09. The maximum Gasteiger partial charge on any atom is 0.355 e. The lowest BCUT2D eigenvalue weighted by atomic mass is 10.1. The third kappa shape index (κ3) is 3.17. The first-order valence-corrected chi connectivity index (χ1v) is 6.50. The molecule has 5 nitrogen and oxygen atoms in total. The number of para-hydroxylation sites is 1. The van der Waals surface area contributed by atoms with Gasteiger partial charge in [-0.25, -0.2) is 9.78 Å². The molecule has 6 heteroatoms. The third-order valence-electron chi connectivity index (χ3n) is 2.55. The lowest BCUT2D eigenvalue weighted by Crippen LogP contribution is -2.18. The molecule has 0 unspecified atom stereocenters. The van der Waals surface area contributed by atoms with E-state index in [0.717, 1.165) is 0 Å². The van der Waals surface area contributed by atoms with Crippen molar-refractivity contribution in [2.24, 2.45) is 0 Å². The molecule has 1 atom stereocenters. The minimum absolute atomic E-state index is 0.0284. The summed E-state index contributed by atoms with van der Waals surface area (Å²) in [4.78, 5) is 26.7. The minimum atomic E-state index is -1.09. The van der Waals surface area contributed by atoms with Crippen LogP contribution in [0.4, 0.5) is 5.69 Å². The molecule has 0 aliphatic rings. The van der Waals surface area contributed by atoms with Crippen molar-refractivity contribution in [3.05, 3.63) is 46.4 Å². The molecule has 0 saturated heterocycles. The highest BCUT2D eigenvalue weighted by Crippen LogP contribution is 2.21. The van der Waals surface area contributed by atoms with Gasteiger partial charge in [0.2, 0.25) is 5.91 Å². The SMILES string of the molecule is C[C@H](C(=O)Nc1ccccc1)c1nc(C(=O)O)cs1. The van der Waals surface area contributed by atoms with Crippen LogP contribution in [0.2, 0.25) is 0 Å². The van der Waals surface area contributed by atoms with Crippen LogP contribution in [0, 0.1) is 0 Å². The van der Waals surface area contributed by atoms with E-state index in [4.69, 9.17) is 5.11 Å². The van der Waals surface area contributed by atoms with E-state index in [1.54, 1.807) is 19.1 Å². The van der Waals surface area contributed by atoms with Crippen molar-refractivity contribution < 1.29 is 14.7 Å². The van der Waals surface area contributed by atoms with Crippen molar-refractivity contribution >= 4 is 28.9 Å². The van der Waals surface area contributed by atoms with Crippen LogP contribution in [0.5, 0.6) is 0 Å². The molecule has 0 bridgehead atoms. The Bertz CT molecular complexity index is 595. The first kappa shape index (κ1) is 13.2. The van der Waals surface area contributed by atoms with Gasteiger partial charge in [0.1, 0.15) is 5.01 Å². The van der Waals surface area contributed by atoms with Crippen molar-refractivity contribution in [3.8, 4) is 0 Å². The number of nitrogens with one attached hydrogen (secondary N) is 1. The maximum absolute atomic E-state index is 12.0. The van der Waals surface area contributed by atoms with E-state index in [1.165, 1.54) is 16.7 Å². The lowest BCUT2D eigenvalue weighted by molar-refractivity contribution is -0.117. The van der Waals surface area contributed by atoms with Gasteiger partial charge in [-0.2, -0.15) is 0 Å². The number of thiazole rings is 1. The highest BCUT2D eigenvalue weighted by molar-refractivity contribution is 7.10. The van der Waals surface area contributed by atoms with Crippen LogP contribution in [-0.4, -0.2) is 22.0 Å². The fraction of sp³-hybridized carbons (Fsp3) is 0.154. The van der Waals surface area contributed by atoms with Gasteiger partial charge in [-0.1, -0.05) is 18.2 Å². The Hall–Kier alpha value is -2.21. The summed E-state index contributed by atoms with van der Waals surface area (Å²) in [6.45, 7) is 1.70. The van der Waals surface area contributed by atoms with Gasteiger partial charge < -0.3 is 10.4 Å². The Balaban J connectivity index is 2.08. The number of carboxylic acids is 1. The largest absolute Gasteiger partial charge is 0.476 e. The zero-order valence-electron chi connectivity index (χ0n) is 10.2. The first-order valence-electron chi connectivity index (χ1n) is 5.62. The van der Waals surface area contributed by atoms with Crippen LogP contribution in [0.3, 0.4) is 0 Å². The van der Waals surface area contributed by atoms with Crippen molar-refractivity contribution in [1.82, 2.24) is 4.98 Å². The van der Waals surface area contributed by atoms with Crippen LogP contribution < -0.4 is 5.32 Å². The maximum atomic E-state index is 12.0. The summed E-state index contributed by atoms with van der Waals surface area (Å²) in [5.74, 6) is -1.78. The molecular formula is C13H12N2O3S. The van der Waals surface area contributed by atoms with E-state index in [1.807, 2.05) is 18.2 Å². The highest BCUT2D eigenvalue weighted by atomic mass is 32.1. The Kier molecular flexibility index (Phi) is 3.91. The molecule has 1 aromatic heterocycles. The Morgan fingerprint density at radius 2 is 2.00 bits per heavy atom. The second-order valence-corrected chi connectivity index (χ2v) is 4.84. The number of rotatable bonds is 4. The van der Waals surface area contributed by atoms with Gasteiger partial charge in [-0.05, 0) is 19.1 Å². The quantitative estimate of drug-likeness (QED) is 0.899. The van der Waals surface area contributed by atoms with Crippen LogP contribution in [0.15, 0.2) is 35.7 Å². The molecule has 19 heavy (non-hydrogen) atoms. The van der Waals surface area contributed by atoms with Gasteiger partial charge in [0.15, 0.2) is 5.69 Å². The van der Waals surface area contributed by atoms with E-state index < -0.39 is 11.9 Å². The molecule has 2 rings (SSSR count). The molecule has 0 fully saturated rings. The molecule has 2 N–H and O–H groups in total. The van der Waals surface area contributed by atoms with Crippen LogP contribution in [0.25, 0.3) is 0 Å². The van der Waals surface area contributed by atoms with Crippen LogP contribution in [-0.2, 0) is 4.79 Å². The molecule has 0 spiro atoms. The van der Waals surface area contributed by atoms with Crippen molar-refractivity contribution in [3.63, 3.8) is 0 Å². The van der Waals surface area contributed by atoms with E-state index in [0.29, 0.717) is 10.7 Å². The van der Waals surface area contributed by atoms with Gasteiger partial charge in [0.05, 0.1) is 5.92 Å². The average molecular weight is 276 g/mol. The summed E-state index contributed by atoms with van der Waals surface area (Å²) in [7, 11) is 0. The third-order valence-corrected chi connectivity index (χ3v) is 3.57. The van der Waals surface area contributed by atoms with Crippen molar-refractivity contribution in [2.75, 3.05) is 5.32 Å². The van der Waals surface area contributed by atoms with E-state index in [2.05, 4.69) is 10.3 Å². The highest BCUT2D eigenvalue weighted by Gasteiger charge is 2.20. The van der Waals surface area contributed by atoms with E-state index >= 15 is 0 Å². The van der Waals surface area contributed by atoms with Gasteiger partial charge in [0, 0.05) is 11.1 Å². The summed E-state index contributed by atoms with van der Waals surface area (Å²) < 4.78 is 0. The van der Waals surface area contributed by atoms with E-state index in [-0.39, 0.29) is 11.6 Å². The van der Waals surface area contributed by atoms with Crippen molar-refractivity contribution in [1.29, 1.82) is 0 Å². The molecule has 1 heterocycles. The summed E-state index contributed by atoms with van der Waals surface area (Å²) in [5.41, 5.74) is 0.675. The monoisotopic (exact) mass is 276 g/mol. The zero-order chi connectivity index (χ0) is 13.8. The standard InChI is InChI=1S/C13H12N2O3S/c1-8(12-15-10(7-19-12)13(17)18)11(16)14-9-5-3-2-4-6-9/h2-8H,1H3,(H,14,16)(H,17,18)/t8-/m1/s1. The van der Waals surface area contributed by atoms with Gasteiger partial charge in [0.25, 0.3) is 0 Å². The summed E-state index contributed by atoms with van der Waals surface area (Å²) in [6.07, 6.45) is 0. The van der Waals surface area contributed by atoms with Crippen LogP contribution in [0.1, 0.15) is 28.3 Å². The second kappa shape index (κ2) is 5.62. The predicted molar refractivity (Wildman–Crippen MR) is 72.6 cm³/mol. The molecule has 1 aromatic carbocycles. The molecule has 0 saturated carbocycles. The van der Waals surface area contributed by atoms with E-state index in [9.17, 15) is 9.59 Å².